The Balaban J connectivity index is 1.48. The predicted octanol–water partition coefficient (Wildman–Crippen LogP) is 8.09. The van der Waals surface area contributed by atoms with E-state index in [9.17, 15) is 4.79 Å². The minimum Gasteiger partial charge on any atom is -0.362 e. The second-order valence-electron chi connectivity index (χ2n) is 9.70. The molecule has 4 nitrogen and oxygen atoms in total. The van der Waals surface area contributed by atoms with E-state index in [1.807, 2.05) is 66.5 Å². The first kappa shape index (κ1) is 26.4. The van der Waals surface area contributed by atoms with E-state index in [0.29, 0.717) is 21.5 Å². The first-order valence-electron chi connectivity index (χ1n) is 12.9. The lowest BCUT2D eigenvalue weighted by atomic mass is 9.89. The predicted molar refractivity (Wildman–Crippen MR) is 157 cm³/mol. The van der Waals surface area contributed by atoms with Crippen molar-refractivity contribution < 1.29 is 9.18 Å². The van der Waals surface area contributed by atoms with Gasteiger partial charge in [-0.05, 0) is 80.4 Å². The maximum absolute atomic E-state index is 15.2. The number of halogens is 2. The first-order chi connectivity index (χ1) is 18.5. The van der Waals surface area contributed by atoms with Gasteiger partial charge in [-0.1, -0.05) is 54.6 Å². The molecule has 0 bridgehead atoms. The van der Waals surface area contributed by atoms with Gasteiger partial charge in [0.25, 0.3) is 5.91 Å². The van der Waals surface area contributed by atoms with E-state index < -0.39 is 0 Å². The molecule has 0 atom stereocenters. The fraction of sp³-hybridized carbons (Fsp3) is 0.258. The zero-order chi connectivity index (χ0) is 26.6. The van der Waals surface area contributed by atoms with E-state index in [1.165, 1.54) is 17.4 Å². The van der Waals surface area contributed by atoms with Crippen LogP contribution in [0, 0.1) is 5.82 Å². The largest absolute Gasteiger partial charge is 0.362 e. The molecule has 2 N–H and O–H groups in total. The minimum atomic E-state index is -0.317. The minimum absolute atomic E-state index is 0.0145. The molecule has 0 unspecified atom stereocenters. The summed E-state index contributed by atoms with van der Waals surface area (Å²) in [7, 11) is 1.98. The summed E-state index contributed by atoms with van der Waals surface area (Å²) < 4.78 is 16.2. The normalized spacial score (nSPS) is 17.3. The van der Waals surface area contributed by atoms with Gasteiger partial charge < -0.3 is 15.5 Å². The van der Waals surface area contributed by atoms with Gasteiger partial charge in [0.05, 0.1) is 5.02 Å². The molecule has 1 aromatic heterocycles. The zero-order valence-electron chi connectivity index (χ0n) is 21.3. The second-order valence-corrected chi connectivity index (χ2v) is 11.1. The molecule has 0 spiro atoms. The molecule has 1 aliphatic rings. The molecular formula is C31H31ClFN3OS. The molecule has 0 aliphatic heterocycles. The summed E-state index contributed by atoms with van der Waals surface area (Å²) in [6.07, 6.45) is 5.29. The first-order valence-corrected chi connectivity index (χ1v) is 14.1. The summed E-state index contributed by atoms with van der Waals surface area (Å²) in [5.74, 6) is -0.448. The fourth-order valence-corrected chi connectivity index (χ4v) is 6.73. The Morgan fingerprint density at radius 2 is 1.79 bits per heavy atom. The zero-order valence-corrected chi connectivity index (χ0v) is 22.9. The summed E-state index contributed by atoms with van der Waals surface area (Å²) in [6, 6.07) is 21.3. The van der Waals surface area contributed by atoms with Crippen molar-refractivity contribution >= 4 is 44.6 Å². The SMILES string of the molecule is C=CNc1ccc(-c2ccc(F)c(CN(C(=O)c3sc4ccccc4c3Cl)C3CCC(NC)CC3)c2)cc1. The summed E-state index contributed by atoms with van der Waals surface area (Å²) in [5, 5.41) is 7.78. The van der Waals surface area contributed by atoms with Gasteiger partial charge in [-0.2, -0.15) is 0 Å². The van der Waals surface area contributed by atoms with Crippen molar-refractivity contribution in [1.29, 1.82) is 0 Å². The Kier molecular flexibility index (Phi) is 8.12. The van der Waals surface area contributed by atoms with Crippen LogP contribution in [0.15, 0.2) is 79.5 Å². The van der Waals surface area contributed by atoms with Crippen molar-refractivity contribution in [3.8, 4) is 11.1 Å². The molecule has 1 heterocycles. The molecule has 1 aliphatic carbocycles. The Morgan fingerprint density at radius 3 is 2.47 bits per heavy atom. The van der Waals surface area contributed by atoms with Crippen LogP contribution < -0.4 is 10.6 Å². The number of hydrogen-bond donors (Lipinski definition) is 2. The number of nitrogens with one attached hydrogen (secondary N) is 2. The van der Waals surface area contributed by atoms with Crippen molar-refractivity contribution in [3.63, 3.8) is 0 Å². The Morgan fingerprint density at radius 1 is 1.08 bits per heavy atom. The Hall–Kier alpha value is -3.19. The molecule has 196 valence electrons. The molecule has 5 rings (SSSR count). The molecule has 3 aromatic carbocycles. The topological polar surface area (TPSA) is 44.4 Å². The number of fused-ring (bicyclic) bond motifs is 1. The summed E-state index contributed by atoms with van der Waals surface area (Å²) in [5.41, 5.74) is 3.30. The quantitative estimate of drug-likeness (QED) is 0.234. The van der Waals surface area contributed by atoms with Crippen LogP contribution in [0.3, 0.4) is 0 Å². The number of rotatable bonds is 8. The third kappa shape index (κ3) is 5.48. The number of nitrogens with zero attached hydrogens (tertiary/aromatic N) is 1. The average molecular weight is 548 g/mol. The second kappa shape index (κ2) is 11.7. The number of benzene rings is 3. The third-order valence-electron chi connectivity index (χ3n) is 7.41. The van der Waals surface area contributed by atoms with Crippen LogP contribution in [0.25, 0.3) is 21.2 Å². The molecule has 7 heteroatoms. The molecular weight excluding hydrogens is 517 g/mol. The van der Waals surface area contributed by atoms with E-state index >= 15 is 4.39 Å². The lowest BCUT2D eigenvalue weighted by Gasteiger charge is -2.37. The molecule has 0 radical (unpaired) electrons. The van der Waals surface area contributed by atoms with Gasteiger partial charge in [-0.3, -0.25) is 4.79 Å². The van der Waals surface area contributed by atoms with Crippen LogP contribution in [0.5, 0.6) is 0 Å². The molecule has 1 fully saturated rings. The fourth-order valence-electron chi connectivity index (χ4n) is 5.26. The van der Waals surface area contributed by atoms with E-state index in [0.717, 1.165) is 52.6 Å². The maximum Gasteiger partial charge on any atom is 0.266 e. The van der Waals surface area contributed by atoms with Crippen molar-refractivity contribution in [2.24, 2.45) is 0 Å². The standard InChI is InChI=1S/C31H31ClFN3OS/c1-3-35-24-11-8-20(9-12-24)21-10-17-27(33)22(18-21)19-36(25-15-13-23(34-2)14-16-25)31(37)30-29(32)26-6-4-5-7-28(26)38-30/h3-12,17-18,23,25,34-35H,1,13-16,19H2,2H3. The highest BCUT2D eigenvalue weighted by Crippen LogP contribution is 2.38. The van der Waals surface area contributed by atoms with Gasteiger partial charge in [0.1, 0.15) is 10.7 Å². The number of amides is 1. The summed E-state index contributed by atoms with van der Waals surface area (Å²) >= 11 is 8.13. The van der Waals surface area contributed by atoms with Gasteiger partial charge in [0, 0.05) is 40.0 Å². The average Bonchev–Trinajstić information content (AvgIpc) is 3.29. The summed E-state index contributed by atoms with van der Waals surface area (Å²) in [6.45, 7) is 3.88. The smallest absolute Gasteiger partial charge is 0.266 e. The van der Waals surface area contributed by atoms with Crippen LogP contribution in [-0.4, -0.2) is 29.9 Å². The van der Waals surface area contributed by atoms with Crippen molar-refractivity contribution in [1.82, 2.24) is 10.2 Å². The Bertz CT molecular complexity index is 1440. The highest BCUT2D eigenvalue weighted by atomic mass is 35.5. The molecule has 1 saturated carbocycles. The van der Waals surface area contributed by atoms with Crippen molar-refractivity contribution in [2.75, 3.05) is 12.4 Å². The van der Waals surface area contributed by atoms with Gasteiger partial charge in [0.2, 0.25) is 0 Å². The molecule has 0 saturated heterocycles. The van der Waals surface area contributed by atoms with Crippen LogP contribution >= 0.6 is 22.9 Å². The van der Waals surface area contributed by atoms with Crippen molar-refractivity contribution in [3.05, 3.63) is 101 Å². The van der Waals surface area contributed by atoms with Gasteiger partial charge in [-0.15, -0.1) is 11.3 Å². The van der Waals surface area contributed by atoms with Gasteiger partial charge >= 0.3 is 0 Å². The van der Waals surface area contributed by atoms with Crippen LogP contribution in [0.2, 0.25) is 5.02 Å². The van der Waals surface area contributed by atoms with Gasteiger partial charge in [0.15, 0.2) is 0 Å². The van der Waals surface area contributed by atoms with E-state index in [2.05, 4.69) is 17.2 Å². The maximum atomic E-state index is 15.2. The van der Waals surface area contributed by atoms with E-state index in [4.69, 9.17) is 11.6 Å². The number of carbonyl (C=O) groups excluding carboxylic acids is 1. The monoisotopic (exact) mass is 547 g/mol. The van der Waals surface area contributed by atoms with Crippen LogP contribution in [-0.2, 0) is 6.54 Å². The highest BCUT2D eigenvalue weighted by molar-refractivity contribution is 7.21. The highest BCUT2D eigenvalue weighted by Gasteiger charge is 2.32. The lowest BCUT2D eigenvalue weighted by Crippen LogP contribution is -2.44. The summed E-state index contributed by atoms with van der Waals surface area (Å²) in [4.78, 5) is 16.4. The van der Waals surface area contributed by atoms with Crippen LogP contribution in [0.1, 0.15) is 40.9 Å². The molecule has 1 amide bonds. The molecule has 4 aromatic rings. The van der Waals surface area contributed by atoms with Gasteiger partial charge in [-0.25, -0.2) is 4.39 Å². The third-order valence-corrected chi connectivity index (χ3v) is 9.07. The number of anilines is 1. The lowest BCUT2D eigenvalue weighted by molar-refractivity contribution is 0.0604. The van der Waals surface area contributed by atoms with E-state index in [-0.39, 0.29) is 24.3 Å². The number of carbonyl (C=O) groups is 1. The molecule has 38 heavy (non-hydrogen) atoms. The van der Waals surface area contributed by atoms with E-state index in [1.54, 1.807) is 12.3 Å². The number of hydrogen-bond acceptors (Lipinski definition) is 4. The van der Waals surface area contributed by atoms with Crippen molar-refractivity contribution in [2.45, 2.75) is 44.3 Å². The number of thiophene rings is 1. The Labute approximate surface area is 232 Å². The van der Waals surface area contributed by atoms with Crippen LogP contribution in [0.4, 0.5) is 10.1 Å².